The Bertz CT molecular complexity index is 1560. The third-order valence-electron chi connectivity index (χ3n) is 6.52. The molecule has 1 aliphatic rings. The van der Waals surface area contributed by atoms with E-state index in [2.05, 4.69) is 14.6 Å². The van der Waals surface area contributed by atoms with Crippen LogP contribution < -0.4 is 9.62 Å². The van der Waals surface area contributed by atoms with Crippen molar-refractivity contribution in [1.29, 1.82) is 0 Å². The number of carbonyl (C=O) groups excluding carboxylic acids is 1. The predicted molar refractivity (Wildman–Crippen MR) is 142 cm³/mol. The summed E-state index contributed by atoms with van der Waals surface area (Å²) in [5.74, 6) is -0.179. The number of amides is 1. The van der Waals surface area contributed by atoms with Crippen LogP contribution in [-0.2, 0) is 27.5 Å². The maximum atomic E-state index is 13.2. The zero-order chi connectivity index (χ0) is 27.1. The van der Waals surface area contributed by atoms with Crippen LogP contribution in [0.15, 0.2) is 71.2 Å². The quantitative estimate of drug-likeness (QED) is 0.359. The van der Waals surface area contributed by atoms with Crippen molar-refractivity contribution in [2.24, 2.45) is 0 Å². The van der Waals surface area contributed by atoms with Gasteiger partial charge in [0, 0.05) is 56.1 Å². The van der Waals surface area contributed by atoms with Gasteiger partial charge in [0.25, 0.3) is 10.0 Å². The van der Waals surface area contributed by atoms with Crippen LogP contribution in [0, 0.1) is 0 Å². The molecule has 0 saturated carbocycles. The van der Waals surface area contributed by atoms with Crippen LogP contribution in [-0.4, -0.2) is 54.5 Å². The summed E-state index contributed by atoms with van der Waals surface area (Å²) in [5.41, 5.74) is 0.434. The molecule has 1 saturated heterocycles. The lowest BCUT2D eigenvalue weighted by molar-refractivity contribution is -0.137. The van der Waals surface area contributed by atoms with E-state index in [1.165, 1.54) is 35.7 Å². The number of carbonyl (C=O) groups is 1. The van der Waals surface area contributed by atoms with Crippen molar-refractivity contribution in [2.75, 3.05) is 29.3 Å². The summed E-state index contributed by atoms with van der Waals surface area (Å²) in [6.45, 7) is 3.34. The fourth-order valence-corrected chi connectivity index (χ4v) is 6.37. The van der Waals surface area contributed by atoms with E-state index >= 15 is 0 Å². The number of hydrogen-bond acceptors (Lipinski definition) is 6. The number of sulfonamides is 1. The molecule has 38 heavy (non-hydrogen) atoms. The smallest absolute Gasteiger partial charge is 0.368 e. The van der Waals surface area contributed by atoms with E-state index in [9.17, 15) is 26.4 Å². The molecule has 5 rings (SSSR count). The fourth-order valence-electron chi connectivity index (χ4n) is 4.58. The zero-order valence-electron chi connectivity index (χ0n) is 20.2. The van der Waals surface area contributed by atoms with Crippen molar-refractivity contribution in [3.63, 3.8) is 0 Å². The van der Waals surface area contributed by atoms with Gasteiger partial charge in [-0.1, -0.05) is 6.07 Å². The van der Waals surface area contributed by atoms with Crippen LogP contribution in [0.2, 0.25) is 0 Å². The molecule has 0 spiro atoms. The number of aromatic nitrogens is 2. The van der Waals surface area contributed by atoms with Crippen LogP contribution >= 0.6 is 11.3 Å². The summed E-state index contributed by atoms with van der Waals surface area (Å²) in [5, 5.41) is 2.60. The highest BCUT2D eigenvalue weighted by Gasteiger charge is 2.31. The standard InChI is InChI=1S/C25H24F3N5O3S2.H2/c1-17-15-31(20-4-6-21(7-5-20)38(35,36)30-24-29-9-13-37-24)11-12-33(17)23(34)16-32-10-8-18-2-3-19(14-22(18)32)25(26,27)28;/h2-10,13-14,17H,11-12,15-16H2,1H3,(H,29,30);1H/t17-;/m0./s1. The summed E-state index contributed by atoms with van der Waals surface area (Å²) >= 11 is 1.19. The maximum Gasteiger partial charge on any atom is 0.416 e. The average Bonchev–Trinajstić information content (AvgIpc) is 3.53. The Morgan fingerprint density at radius 2 is 1.92 bits per heavy atom. The summed E-state index contributed by atoms with van der Waals surface area (Å²) in [6, 6.07) is 11.6. The number of rotatable bonds is 6. The monoisotopic (exact) mass is 565 g/mol. The first-order chi connectivity index (χ1) is 18.0. The van der Waals surface area contributed by atoms with Crippen LogP contribution in [0.5, 0.6) is 0 Å². The molecule has 3 heterocycles. The molecular formula is C25H26F3N5O3S2. The largest absolute Gasteiger partial charge is 0.416 e. The van der Waals surface area contributed by atoms with E-state index in [0.717, 1.165) is 17.8 Å². The van der Waals surface area contributed by atoms with Gasteiger partial charge in [-0.25, -0.2) is 13.4 Å². The highest BCUT2D eigenvalue weighted by Crippen LogP contribution is 2.32. The van der Waals surface area contributed by atoms with Crippen molar-refractivity contribution in [2.45, 2.75) is 30.6 Å². The summed E-state index contributed by atoms with van der Waals surface area (Å²) in [6.07, 6.45) is -1.32. The minimum Gasteiger partial charge on any atom is -0.368 e. The van der Waals surface area contributed by atoms with Crippen molar-refractivity contribution in [3.8, 4) is 0 Å². The van der Waals surface area contributed by atoms with Gasteiger partial charge in [-0.2, -0.15) is 13.2 Å². The number of alkyl halides is 3. The molecule has 1 atom stereocenters. The number of nitrogens with one attached hydrogen (secondary N) is 1. The molecule has 13 heteroatoms. The molecule has 1 amide bonds. The Kier molecular flexibility index (Phi) is 6.82. The number of fused-ring (bicyclic) bond motifs is 1. The Balaban J connectivity index is 0.00000353. The van der Waals surface area contributed by atoms with Gasteiger partial charge < -0.3 is 14.4 Å². The first-order valence-electron chi connectivity index (χ1n) is 11.7. The van der Waals surface area contributed by atoms with E-state index in [0.29, 0.717) is 30.5 Å². The predicted octanol–water partition coefficient (Wildman–Crippen LogP) is 4.90. The molecule has 1 fully saturated rings. The molecule has 0 radical (unpaired) electrons. The molecule has 2 aromatic carbocycles. The molecule has 0 bridgehead atoms. The first-order valence-corrected chi connectivity index (χ1v) is 14.1. The number of anilines is 2. The Morgan fingerprint density at radius 1 is 1.16 bits per heavy atom. The number of halogens is 3. The summed E-state index contributed by atoms with van der Waals surface area (Å²) in [7, 11) is -3.75. The van der Waals surface area contributed by atoms with Crippen molar-refractivity contribution < 1.29 is 27.8 Å². The molecule has 2 aromatic heterocycles. The van der Waals surface area contributed by atoms with E-state index in [1.54, 1.807) is 39.2 Å². The lowest BCUT2D eigenvalue weighted by atomic mass is 10.1. The molecule has 8 nitrogen and oxygen atoms in total. The van der Waals surface area contributed by atoms with E-state index < -0.39 is 21.8 Å². The van der Waals surface area contributed by atoms with E-state index in [-0.39, 0.29) is 29.9 Å². The van der Waals surface area contributed by atoms with Gasteiger partial charge in [0.1, 0.15) is 6.54 Å². The third kappa shape index (κ3) is 5.34. The molecular weight excluding hydrogens is 539 g/mol. The van der Waals surface area contributed by atoms with Gasteiger partial charge in [0.15, 0.2) is 5.13 Å². The van der Waals surface area contributed by atoms with Crippen LogP contribution in [0.1, 0.15) is 13.9 Å². The van der Waals surface area contributed by atoms with Crippen LogP contribution in [0.3, 0.4) is 0 Å². The first kappa shape index (κ1) is 26.0. The zero-order valence-corrected chi connectivity index (χ0v) is 21.9. The minimum absolute atomic E-state index is 0. The van der Waals surface area contributed by atoms with Crippen molar-refractivity contribution in [1.82, 2.24) is 14.5 Å². The number of hydrogen-bond donors (Lipinski definition) is 1. The van der Waals surface area contributed by atoms with Gasteiger partial charge in [0.05, 0.1) is 10.5 Å². The lowest BCUT2D eigenvalue weighted by Gasteiger charge is -2.41. The van der Waals surface area contributed by atoms with E-state index in [4.69, 9.17) is 0 Å². The van der Waals surface area contributed by atoms with Gasteiger partial charge in [0.2, 0.25) is 5.91 Å². The van der Waals surface area contributed by atoms with Gasteiger partial charge in [-0.15, -0.1) is 11.3 Å². The number of thiazole rings is 1. The Hall–Kier alpha value is -3.58. The molecule has 0 unspecified atom stereocenters. The summed E-state index contributed by atoms with van der Waals surface area (Å²) in [4.78, 5) is 21.0. The maximum absolute atomic E-state index is 13.2. The lowest BCUT2D eigenvalue weighted by Crippen LogP contribution is -2.54. The highest BCUT2D eigenvalue weighted by molar-refractivity contribution is 7.93. The van der Waals surface area contributed by atoms with Crippen LogP contribution in [0.4, 0.5) is 24.0 Å². The highest BCUT2D eigenvalue weighted by atomic mass is 32.2. The van der Waals surface area contributed by atoms with Crippen molar-refractivity contribution >= 4 is 49.0 Å². The fraction of sp³-hybridized carbons (Fsp3) is 0.280. The second-order valence-corrected chi connectivity index (χ2v) is 11.6. The third-order valence-corrected chi connectivity index (χ3v) is 8.69. The Labute approximate surface area is 222 Å². The molecule has 1 aliphatic heterocycles. The average molecular weight is 566 g/mol. The minimum atomic E-state index is -4.46. The van der Waals surface area contributed by atoms with Gasteiger partial charge >= 0.3 is 6.18 Å². The number of benzene rings is 2. The normalized spacial score (nSPS) is 16.7. The van der Waals surface area contributed by atoms with Crippen LogP contribution in [0.25, 0.3) is 10.9 Å². The topological polar surface area (TPSA) is 87.5 Å². The second-order valence-electron chi connectivity index (χ2n) is 9.03. The van der Waals surface area contributed by atoms with E-state index in [1.807, 2.05) is 6.92 Å². The van der Waals surface area contributed by atoms with Gasteiger partial charge in [-0.05, 0) is 54.8 Å². The summed E-state index contributed by atoms with van der Waals surface area (Å²) < 4.78 is 68.6. The molecule has 1 N–H and O–H groups in total. The Morgan fingerprint density at radius 3 is 2.58 bits per heavy atom. The SMILES string of the molecule is C[C@H]1CN(c2ccc(S(=O)(=O)Nc3nccs3)cc2)CCN1C(=O)Cn1ccc2ccc(C(F)(F)F)cc21.[HH]. The molecule has 0 aliphatic carbocycles. The molecule has 4 aromatic rings. The van der Waals surface area contributed by atoms with Gasteiger partial charge in [-0.3, -0.25) is 9.52 Å². The molecule has 202 valence electrons. The number of piperazine rings is 1. The van der Waals surface area contributed by atoms with Crippen molar-refractivity contribution in [3.05, 3.63) is 71.9 Å². The second kappa shape index (κ2) is 9.95. The number of nitrogens with zero attached hydrogens (tertiary/aromatic N) is 4.